The van der Waals surface area contributed by atoms with E-state index in [1.165, 1.54) is 5.56 Å². The number of carboxylic acid groups (broad SMARTS) is 1. The summed E-state index contributed by atoms with van der Waals surface area (Å²) in [5, 5.41) is 13.2. The molecule has 1 aromatic carbocycles. The van der Waals surface area contributed by atoms with Crippen molar-refractivity contribution >= 4 is 5.97 Å². The van der Waals surface area contributed by atoms with E-state index in [-0.39, 0.29) is 12.5 Å². The van der Waals surface area contributed by atoms with Crippen molar-refractivity contribution in [2.45, 2.75) is 31.8 Å². The Morgan fingerprint density at radius 2 is 2.14 bits per heavy atom. The van der Waals surface area contributed by atoms with E-state index in [1.54, 1.807) is 6.20 Å². The van der Waals surface area contributed by atoms with Crippen molar-refractivity contribution in [2.24, 2.45) is 0 Å². The molecule has 1 aromatic heterocycles. The highest BCUT2D eigenvalue weighted by Gasteiger charge is 2.26. The molecule has 21 heavy (non-hydrogen) atoms. The van der Waals surface area contributed by atoms with Crippen molar-refractivity contribution in [3.8, 4) is 5.69 Å². The average molecular weight is 285 g/mol. The second kappa shape index (κ2) is 6.10. The van der Waals surface area contributed by atoms with Gasteiger partial charge in [-0.3, -0.25) is 9.69 Å². The Bertz CT molecular complexity index is 592. The largest absolute Gasteiger partial charge is 0.481 e. The Kier molecular flexibility index (Phi) is 4.01. The topological polar surface area (TPSA) is 58.4 Å². The third kappa shape index (κ3) is 3.31. The minimum Gasteiger partial charge on any atom is -0.481 e. The van der Waals surface area contributed by atoms with E-state index in [0.29, 0.717) is 0 Å². The van der Waals surface area contributed by atoms with Gasteiger partial charge in [0.15, 0.2) is 0 Å². The third-order valence-corrected chi connectivity index (χ3v) is 4.00. The molecule has 2 aromatic rings. The smallest absolute Gasteiger partial charge is 0.304 e. The molecule has 1 saturated heterocycles. The van der Waals surface area contributed by atoms with Crippen LogP contribution >= 0.6 is 0 Å². The van der Waals surface area contributed by atoms with Crippen LogP contribution in [0.4, 0.5) is 0 Å². The monoisotopic (exact) mass is 285 g/mol. The number of nitrogens with zero attached hydrogens (tertiary/aromatic N) is 3. The maximum atomic E-state index is 10.9. The molecule has 1 unspecified atom stereocenters. The van der Waals surface area contributed by atoms with Crippen LogP contribution in [-0.2, 0) is 11.3 Å². The van der Waals surface area contributed by atoms with Gasteiger partial charge in [-0.1, -0.05) is 12.1 Å². The first kappa shape index (κ1) is 13.8. The van der Waals surface area contributed by atoms with Gasteiger partial charge in [0.05, 0.1) is 12.1 Å². The number of aliphatic carboxylic acids is 1. The van der Waals surface area contributed by atoms with E-state index >= 15 is 0 Å². The predicted molar refractivity (Wildman–Crippen MR) is 79.2 cm³/mol. The fourth-order valence-electron chi connectivity index (χ4n) is 2.95. The summed E-state index contributed by atoms with van der Waals surface area (Å²) >= 11 is 0. The molecule has 0 spiro atoms. The van der Waals surface area contributed by atoms with Gasteiger partial charge in [-0.15, -0.1) is 0 Å². The van der Waals surface area contributed by atoms with E-state index in [1.807, 2.05) is 29.1 Å². The zero-order valence-electron chi connectivity index (χ0n) is 11.9. The average Bonchev–Trinajstić information content (AvgIpc) is 3.12. The van der Waals surface area contributed by atoms with Crippen LogP contribution < -0.4 is 0 Å². The summed E-state index contributed by atoms with van der Waals surface area (Å²) in [5.74, 6) is -0.707. The van der Waals surface area contributed by atoms with Gasteiger partial charge in [0, 0.05) is 25.0 Å². The van der Waals surface area contributed by atoms with Crippen LogP contribution in [0.5, 0.6) is 0 Å². The van der Waals surface area contributed by atoms with Gasteiger partial charge in [0.2, 0.25) is 0 Å². The van der Waals surface area contributed by atoms with Crippen LogP contribution in [0.15, 0.2) is 42.7 Å². The summed E-state index contributed by atoms with van der Waals surface area (Å²) in [4.78, 5) is 13.2. The maximum Gasteiger partial charge on any atom is 0.304 e. The predicted octanol–water partition coefficient (Wildman–Crippen LogP) is 2.31. The van der Waals surface area contributed by atoms with Gasteiger partial charge in [0.25, 0.3) is 0 Å². The summed E-state index contributed by atoms with van der Waals surface area (Å²) in [7, 11) is 0. The first-order valence-electron chi connectivity index (χ1n) is 7.27. The molecule has 0 radical (unpaired) electrons. The number of hydrogen-bond acceptors (Lipinski definition) is 3. The van der Waals surface area contributed by atoms with Crippen molar-refractivity contribution < 1.29 is 9.90 Å². The van der Waals surface area contributed by atoms with Crippen molar-refractivity contribution in [3.63, 3.8) is 0 Å². The molecular formula is C16H19N3O2. The lowest BCUT2D eigenvalue weighted by Crippen LogP contribution is -2.30. The standard InChI is InChI=1S/C16H19N3O2/c20-16(21)11-15-3-1-9-18(15)12-13-4-6-14(7-5-13)19-10-2-8-17-19/h2,4-8,10,15H,1,3,9,11-12H2,(H,20,21). The van der Waals surface area contributed by atoms with E-state index in [0.717, 1.165) is 31.6 Å². The molecule has 1 atom stereocenters. The molecule has 2 heterocycles. The van der Waals surface area contributed by atoms with Gasteiger partial charge in [0.1, 0.15) is 0 Å². The van der Waals surface area contributed by atoms with Crippen LogP contribution in [0.1, 0.15) is 24.8 Å². The van der Waals surface area contributed by atoms with Crippen molar-refractivity contribution in [2.75, 3.05) is 6.54 Å². The highest BCUT2D eigenvalue weighted by molar-refractivity contribution is 5.67. The zero-order chi connectivity index (χ0) is 14.7. The molecule has 0 bridgehead atoms. The Balaban J connectivity index is 1.66. The first-order chi connectivity index (χ1) is 10.2. The van der Waals surface area contributed by atoms with Crippen molar-refractivity contribution in [1.29, 1.82) is 0 Å². The molecule has 1 aliphatic rings. The van der Waals surface area contributed by atoms with E-state index in [4.69, 9.17) is 5.11 Å². The highest BCUT2D eigenvalue weighted by Crippen LogP contribution is 2.22. The van der Waals surface area contributed by atoms with Crippen LogP contribution in [0.3, 0.4) is 0 Å². The van der Waals surface area contributed by atoms with Crippen LogP contribution in [-0.4, -0.2) is 38.3 Å². The van der Waals surface area contributed by atoms with E-state index < -0.39 is 5.97 Å². The fourth-order valence-corrected chi connectivity index (χ4v) is 2.95. The molecule has 1 aliphatic heterocycles. The lowest BCUT2D eigenvalue weighted by Gasteiger charge is -2.23. The molecule has 3 rings (SSSR count). The number of rotatable bonds is 5. The summed E-state index contributed by atoms with van der Waals surface area (Å²) in [6, 6.07) is 10.3. The van der Waals surface area contributed by atoms with Gasteiger partial charge < -0.3 is 5.11 Å². The zero-order valence-corrected chi connectivity index (χ0v) is 11.9. The number of carbonyl (C=O) groups is 1. The number of likely N-dealkylation sites (tertiary alicyclic amines) is 1. The summed E-state index contributed by atoms with van der Waals surface area (Å²) in [6.07, 6.45) is 5.99. The lowest BCUT2D eigenvalue weighted by atomic mass is 10.1. The van der Waals surface area contributed by atoms with Crippen LogP contribution in [0, 0.1) is 0 Å². The normalized spacial score (nSPS) is 19.0. The van der Waals surface area contributed by atoms with E-state index in [9.17, 15) is 4.79 Å². The van der Waals surface area contributed by atoms with Crippen molar-refractivity contribution in [1.82, 2.24) is 14.7 Å². The number of carboxylic acids is 1. The second-order valence-corrected chi connectivity index (χ2v) is 5.48. The summed E-state index contributed by atoms with van der Waals surface area (Å²) in [5.41, 5.74) is 2.25. The molecule has 0 saturated carbocycles. The fraction of sp³-hybridized carbons (Fsp3) is 0.375. The minimum atomic E-state index is -0.707. The SMILES string of the molecule is O=C(O)CC1CCCN1Cc1ccc(-n2cccn2)cc1. The molecule has 0 amide bonds. The quantitative estimate of drug-likeness (QED) is 0.916. The van der Waals surface area contributed by atoms with Crippen LogP contribution in [0.25, 0.3) is 5.69 Å². The summed E-state index contributed by atoms with van der Waals surface area (Å²) in [6.45, 7) is 1.80. The number of aromatic nitrogens is 2. The van der Waals surface area contributed by atoms with Gasteiger partial charge in [-0.05, 0) is 43.1 Å². The molecule has 1 fully saturated rings. The van der Waals surface area contributed by atoms with Crippen LogP contribution in [0.2, 0.25) is 0 Å². The molecule has 5 nitrogen and oxygen atoms in total. The first-order valence-corrected chi connectivity index (χ1v) is 7.27. The Morgan fingerprint density at radius 3 is 2.81 bits per heavy atom. The molecule has 0 aliphatic carbocycles. The molecular weight excluding hydrogens is 266 g/mol. The lowest BCUT2D eigenvalue weighted by molar-refractivity contribution is -0.138. The number of hydrogen-bond donors (Lipinski definition) is 1. The molecule has 110 valence electrons. The molecule has 1 N–H and O–H groups in total. The van der Waals surface area contributed by atoms with E-state index in [2.05, 4.69) is 22.1 Å². The molecule has 5 heteroatoms. The Morgan fingerprint density at radius 1 is 1.33 bits per heavy atom. The highest BCUT2D eigenvalue weighted by atomic mass is 16.4. The second-order valence-electron chi connectivity index (χ2n) is 5.48. The Labute approximate surface area is 123 Å². The van der Waals surface area contributed by atoms with Crippen molar-refractivity contribution in [3.05, 3.63) is 48.3 Å². The summed E-state index contributed by atoms with van der Waals surface area (Å²) < 4.78 is 1.83. The van der Waals surface area contributed by atoms with Gasteiger partial charge in [-0.2, -0.15) is 5.10 Å². The minimum absolute atomic E-state index is 0.174. The number of benzene rings is 1. The Hall–Kier alpha value is -2.14. The van der Waals surface area contributed by atoms with Gasteiger partial charge in [-0.25, -0.2) is 4.68 Å². The van der Waals surface area contributed by atoms with Gasteiger partial charge >= 0.3 is 5.97 Å². The maximum absolute atomic E-state index is 10.9. The third-order valence-electron chi connectivity index (χ3n) is 4.00.